The summed E-state index contributed by atoms with van der Waals surface area (Å²) >= 11 is 7.83. The van der Waals surface area contributed by atoms with E-state index in [0.29, 0.717) is 10.8 Å². The smallest absolute Gasteiger partial charge is 0.274 e. The van der Waals surface area contributed by atoms with Crippen molar-refractivity contribution in [2.45, 2.75) is 12.5 Å². The molecular formula is C11H14ClN3OS. The third kappa shape index (κ3) is 2.66. The van der Waals surface area contributed by atoms with Gasteiger partial charge in [0.25, 0.3) is 5.91 Å². The number of rotatable bonds is 2. The van der Waals surface area contributed by atoms with Gasteiger partial charge in [-0.1, -0.05) is 11.6 Å². The first-order chi connectivity index (χ1) is 8.09. The number of anilines is 1. The van der Waals surface area contributed by atoms with Crippen LogP contribution in [0.25, 0.3) is 0 Å². The van der Waals surface area contributed by atoms with E-state index in [1.165, 1.54) is 0 Å². The number of nitrogen functional groups attached to an aromatic ring is 1. The zero-order valence-corrected chi connectivity index (χ0v) is 11.1. The van der Waals surface area contributed by atoms with E-state index in [1.54, 1.807) is 24.1 Å². The van der Waals surface area contributed by atoms with Gasteiger partial charge in [0, 0.05) is 18.8 Å². The lowest BCUT2D eigenvalue weighted by molar-refractivity contribution is 0.0742. The molecule has 0 saturated carbocycles. The van der Waals surface area contributed by atoms with Gasteiger partial charge in [0.05, 0.1) is 5.02 Å². The Hall–Kier alpha value is -0.940. The van der Waals surface area contributed by atoms with Gasteiger partial charge < -0.3 is 10.6 Å². The number of carbonyl (C=O) groups excluding carboxylic acids is 1. The fourth-order valence-corrected chi connectivity index (χ4v) is 3.22. The summed E-state index contributed by atoms with van der Waals surface area (Å²) in [5.74, 6) is 2.23. The summed E-state index contributed by atoms with van der Waals surface area (Å²) in [7, 11) is 1.79. The molecule has 4 nitrogen and oxygen atoms in total. The summed E-state index contributed by atoms with van der Waals surface area (Å²) in [6.07, 6.45) is 1.02. The first-order valence-corrected chi connectivity index (χ1v) is 6.90. The van der Waals surface area contributed by atoms with E-state index in [2.05, 4.69) is 4.98 Å². The molecule has 0 radical (unpaired) electrons. The van der Waals surface area contributed by atoms with Crippen LogP contribution in [0.15, 0.2) is 12.1 Å². The van der Waals surface area contributed by atoms with E-state index in [-0.39, 0.29) is 17.6 Å². The van der Waals surface area contributed by atoms with E-state index >= 15 is 0 Å². The van der Waals surface area contributed by atoms with Crippen molar-refractivity contribution < 1.29 is 4.79 Å². The minimum atomic E-state index is -0.158. The molecule has 2 heterocycles. The van der Waals surface area contributed by atoms with Crippen LogP contribution in [-0.4, -0.2) is 40.4 Å². The molecule has 0 bridgehead atoms. The molecule has 1 amide bonds. The molecule has 1 atom stereocenters. The highest BCUT2D eigenvalue weighted by Gasteiger charge is 2.26. The van der Waals surface area contributed by atoms with Gasteiger partial charge in [-0.3, -0.25) is 4.79 Å². The predicted octanol–water partition coefficient (Wildman–Crippen LogP) is 1.89. The number of hydrogen-bond acceptors (Lipinski definition) is 4. The fourth-order valence-electron chi connectivity index (χ4n) is 1.77. The number of amides is 1. The standard InChI is InChI=1S/C11H14ClN3OS/c1-15(7-4-5-17-6-7)11(16)10-8(12)2-3-9(13)14-10/h2-3,7H,4-6H2,1H3,(H2,13,14). The number of thioether (sulfide) groups is 1. The van der Waals surface area contributed by atoms with Crippen LogP contribution in [0.1, 0.15) is 16.9 Å². The van der Waals surface area contributed by atoms with Crippen LogP contribution in [0.4, 0.5) is 5.82 Å². The number of nitrogens with zero attached hydrogens (tertiary/aromatic N) is 2. The molecular weight excluding hydrogens is 258 g/mol. The Bertz CT molecular complexity index is 435. The molecule has 1 unspecified atom stereocenters. The maximum atomic E-state index is 12.2. The van der Waals surface area contributed by atoms with Crippen LogP contribution in [0.2, 0.25) is 5.02 Å². The van der Waals surface area contributed by atoms with Crippen molar-refractivity contribution in [3.63, 3.8) is 0 Å². The summed E-state index contributed by atoms with van der Waals surface area (Å²) in [4.78, 5) is 17.9. The van der Waals surface area contributed by atoms with E-state index in [0.717, 1.165) is 17.9 Å². The average Bonchev–Trinajstić information content (AvgIpc) is 2.84. The van der Waals surface area contributed by atoms with Crippen molar-refractivity contribution in [2.24, 2.45) is 0 Å². The molecule has 0 spiro atoms. The van der Waals surface area contributed by atoms with Crippen LogP contribution < -0.4 is 5.73 Å². The third-order valence-electron chi connectivity index (χ3n) is 2.84. The highest BCUT2D eigenvalue weighted by atomic mass is 35.5. The predicted molar refractivity (Wildman–Crippen MR) is 71.5 cm³/mol. The molecule has 1 aromatic rings. The highest BCUT2D eigenvalue weighted by molar-refractivity contribution is 7.99. The minimum absolute atomic E-state index is 0.158. The van der Waals surface area contributed by atoms with E-state index in [4.69, 9.17) is 17.3 Å². The monoisotopic (exact) mass is 271 g/mol. The Morgan fingerprint density at radius 2 is 2.41 bits per heavy atom. The fraction of sp³-hybridized carbons (Fsp3) is 0.455. The molecule has 1 aliphatic heterocycles. The van der Waals surface area contributed by atoms with Gasteiger partial charge in [0.15, 0.2) is 0 Å². The number of nitrogens with two attached hydrogens (primary N) is 1. The molecule has 0 aromatic carbocycles. The number of aromatic nitrogens is 1. The Kier molecular flexibility index (Phi) is 3.79. The Labute approximate surface area is 110 Å². The SMILES string of the molecule is CN(C(=O)c1nc(N)ccc1Cl)C1CCSC1. The maximum absolute atomic E-state index is 12.2. The number of halogens is 1. The van der Waals surface area contributed by atoms with Crippen molar-refractivity contribution in [3.8, 4) is 0 Å². The zero-order chi connectivity index (χ0) is 12.4. The molecule has 0 aliphatic carbocycles. The van der Waals surface area contributed by atoms with Crippen LogP contribution >= 0.6 is 23.4 Å². The van der Waals surface area contributed by atoms with Crippen LogP contribution in [-0.2, 0) is 0 Å². The van der Waals surface area contributed by atoms with Gasteiger partial charge in [0.2, 0.25) is 0 Å². The number of pyridine rings is 1. The number of carbonyl (C=O) groups is 1. The molecule has 1 fully saturated rings. The normalized spacial score (nSPS) is 19.3. The molecule has 1 aliphatic rings. The van der Waals surface area contributed by atoms with Gasteiger partial charge in [-0.15, -0.1) is 0 Å². The minimum Gasteiger partial charge on any atom is -0.384 e. The summed E-state index contributed by atoms with van der Waals surface area (Å²) in [6, 6.07) is 3.46. The second-order valence-electron chi connectivity index (χ2n) is 4.00. The second kappa shape index (κ2) is 5.14. The molecule has 6 heteroatoms. The van der Waals surface area contributed by atoms with Gasteiger partial charge in [-0.25, -0.2) is 4.98 Å². The Balaban J connectivity index is 2.20. The van der Waals surface area contributed by atoms with Gasteiger partial charge in [0.1, 0.15) is 11.5 Å². The van der Waals surface area contributed by atoms with E-state index in [1.807, 2.05) is 11.8 Å². The third-order valence-corrected chi connectivity index (χ3v) is 4.29. The van der Waals surface area contributed by atoms with Crippen molar-refractivity contribution in [3.05, 3.63) is 22.8 Å². The topological polar surface area (TPSA) is 59.2 Å². The first-order valence-electron chi connectivity index (χ1n) is 5.36. The Morgan fingerprint density at radius 1 is 1.65 bits per heavy atom. The van der Waals surface area contributed by atoms with Crippen LogP contribution in [0.5, 0.6) is 0 Å². The van der Waals surface area contributed by atoms with E-state index < -0.39 is 0 Å². The molecule has 1 saturated heterocycles. The van der Waals surface area contributed by atoms with E-state index in [9.17, 15) is 4.79 Å². The molecule has 2 rings (SSSR count). The van der Waals surface area contributed by atoms with Crippen molar-refractivity contribution >= 4 is 35.1 Å². The van der Waals surface area contributed by atoms with Crippen LogP contribution in [0, 0.1) is 0 Å². The highest BCUT2D eigenvalue weighted by Crippen LogP contribution is 2.24. The average molecular weight is 272 g/mol. The lowest BCUT2D eigenvalue weighted by Gasteiger charge is -2.23. The number of hydrogen-bond donors (Lipinski definition) is 1. The molecule has 17 heavy (non-hydrogen) atoms. The quantitative estimate of drug-likeness (QED) is 0.892. The maximum Gasteiger partial charge on any atom is 0.274 e. The molecule has 2 N–H and O–H groups in total. The van der Waals surface area contributed by atoms with Gasteiger partial charge in [-0.2, -0.15) is 11.8 Å². The van der Waals surface area contributed by atoms with Crippen molar-refractivity contribution in [1.29, 1.82) is 0 Å². The lowest BCUT2D eigenvalue weighted by Crippen LogP contribution is -2.37. The summed E-state index contributed by atoms with van der Waals surface area (Å²) in [6.45, 7) is 0. The molecule has 92 valence electrons. The van der Waals surface area contributed by atoms with Gasteiger partial charge in [-0.05, 0) is 24.3 Å². The first kappa shape index (κ1) is 12.5. The van der Waals surface area contributed by atoms with Crippen LogP contribution in [0.3, 0.4) is 0 Å². The van der Waals surface area contributed by atoms with Crippen molar-refractivity contribution in [2.75, 3.05) is 24.3 Å². The zero-order valence-electron chi connectivity index (χ0n) is 9.52. The lowest BCUT2D eigenvalue weighted by atomic mass is 10.2. The summed E-state index contributed by atoms with van der Waals surface area (Å²) in [5, 5.41) is 0.349. The molecule has 1 aromatic heterocycles. The second-order valence-corrected chi connectivity index (χ2v) is 5.56. The largest absolute Gasteiger partial charge is 0.384 e. The summed E-state index contributed by atoms with van der Waals surface area (Å²) in [5.41, 5.74) is 5.82. The summed E-state index contributed by atoms with van der Waals surface area (Å²) < 4.78 is 0. The Morgan fingerprint density at radius 3 is 3.06 bits per heavy atom. The van der Waals surface area contributed by atoms with Crippen molar-refractivity contribution in [1.82, 2.24) is 9.88 Å². The van der Waals surface area contributed by atoms with Gasteiger partial charge >= 0.3 is 0 Å².